The number of aromatic nitrogens is 2. The highest BCUT2D eigenvalue weighted by Gasteiger charge is 2.18. The van der Waals surface area contributed by atoms with Crippen molar-refractivity contribution in [2.45, 2.75) is 59.6 Å². The molecule has 4 nitrogen and oxygen atoms in total. The molecule has 0 aromatic carbocycles. The minimum atomic E-state index is -0.312. The molecule has 2 rings (SSSR count). The van der Waals surface area contributed by atoms with Crippen LogP contribution < -0.4 is 4.74 Å². The van der Waals surface area contributed by atoms with Gasteiger partial charge >= 0.3 is 0 Å². The summed E-state index contributed by atoms with van der Waals surface area (Å²) in [5.74, 6) is 0.867. The van der Waals surface area contributed by atoms with Gasteiger partial charge in [0.25, 0.3) is 0 Å². The van der Waals surface area contributed by atoms with Crippen LogP contribution in [0.1, 0.15) is 53.2 Å². The molecule has 0 amide bonds. The fourth-order valence-corrected chi connectivity index (χ4v) is 2.91. The van der Waals surface area contributed by atoms with Gasteiger partial charge in [0.2, 0.25) is 5.88 Å². The molecule has 158 valence electrons. The zero-order valence-electron chi connectivity index (χ0n) is 18.4. The first-order chi connectivity index (χ1) is 13.8. The molecule has 0 radical (unpaired) electrons. The summed E-state index contributed by atoms with van der Waals surface area (Å²) >= 11 is 0. The van der Waals surface area contributed by atoms with E-state index in [1.54, 1.807) is 12.4 Å². The number of rotatable bonds is 9. The summed E-state index contributed by atoms with van der Waals surface area (Å²) in [4.78, 5) is 11.2. The summed E-state index contributed by atoms with van der Waals surface area (Å²) in [6.07, 6.45) is 16.1. The molecule has 5 heteroatoms. The Morgan fingerprint density at radius 3 is 2.72 bits per heavy atom. The van der Waals surface area contributed by atoms with Gasteiger partial charge in [-0.25, -0.2) is 9.37 Å². The molecule has 0 saturated heterocycles. The van der Waals surface area contributed by atoms with E-state index in [4.69, 9.17) is 4.74 Å². The summed E-state index contributed by atoms with van der Waals surface area (Å²) in [5, 5.41) is 0. The van der Waals surface area contributed by atoms with Crippen molar-refractivity contribution < 1.29 is 9.13 Å². The van der Waals surface area contributed by atoms with Crippen LogP contribution >= 0.6 is 0 Å². The standard InChI is InChI=1S/C24H34FN3O/c1-6-28(18-22-23(27-16-15-26-22)29-24(3,4)5)17-14-19(2)12-13-20-10-8-7-9-11-21(20)25/h7-10,12-13,15-16,19H,6,11,14,17-18H2,1-5H3. The van der Waals surface area contributed by atoms with Gasteiger partial charge in [-0.3, -0.25) is 9.88 Å². The Hall–Kier alpha value is -2.27. The smallest absolute Gasteiger partial charge is 0.237 e. The van der Waals surface area contributed by atoms with Crippen LogP contribution in [0.15, 0.2) is 60.2 Å². The molecule has 0 aliphatic heterocycles. The van der Waals surface area contributed by atoms with Crippen LogP contribution in [0, 0.1) is 5.92 Å². The van der Waals surface area contributed by atoms with Gasteiger partial charge in [-0.2, -0.15) is 0 Å². The highest BCUT2D eigenvalue weighted by atomic mass is 19.1. The molecule has 0 saturated carbocycles. The summed E-state index contributed by atoms with van der Waals surface area (Å²) in [7, 11) is 0. The van der Waals surface area contributed by atoms with E-state index in [9.17, 15) is 4.39 Å². The molecular formula is C24H34FN3O. The van der Waals surface area contributed by atoms with Crippen LogP contribution in [-0.2, 0) is 6.54 Å². The first kappa shape index (κ1) is 23.0. The van der Waals surface area contributed by atoms with Crippen LogP contribution in [0.2, 0.25) is 0 Å². The molecule has 29 heavy (non-hydrogen) atoms. The van der Waals surface area contributed by atoms with E-state index in [0.717, 1.165) is 25.2 Å². The lowest BCUT2D eigenvalue weighted by Gasteiger charge is -2.25. The van der Waals surface area contributed by atoms with Crippen molar-refractivity contribution in [3.63, 3.8) is 0 Å². The first-order valence-corrected chi connectivity index (χ1v) is 10.4. The monoisotopic (exact) mass is 399 g/mol. The van der Waals surface area contributed by atoms with E-state index in [2.05, 4.69) is 34.8 Å². The number of hydrogen-bond donors (Lipinski definition) is 0. The van der Waals surface area contributed by atoms with E-state index in [0.29, 0.717) is 30.3 Å². The van der Waals surface area contributed by atoms with Gasteiger partial charge in [0.1, 0.15) is 17.1 Å². The second kappa shape index (κ2) is 11.1. The zero-order chi connectivity index (χ0) is 21.3. The molecule has 0 fully saturated rings. The molecule has 0 N–H and O–H groups in total. The van der Waals surface area contributed by atoms with Crippen molar-refractivity contribution in [1.82, 2.24) is 14.9 Å². The molecule has 1 aliphatic carbocycles. The van der Waals surface area contributed by atoms with E-state index < -0.39 is 0 Å². The van der Waals surface area contributed by atoms with E-state index >= 15 is 0 Å². The molecule has 1 atom stereocenters. The maximum atomic E-state index is 14.0. The van der Waals surface area contributed by atoms with E-state index in [1.165, 1.54) is 0 Å². The minimum Gasteiger partial charge on any atom is -0.471 e. The average Bonchev–Trinajstić information content (AvgIpc) is 2.87. The van der Waals surface area contributed by atoms with Crippen molar-refractivity contribution >= 4 is 0 Å². The van der Waals surface area contributed by atoms with Gasteiger partial charge < -0.3 is 4.74 Å². The molecule has 1 aromatic heterocycles. The number of hydrogen-bond acceptors (Lipinski definition) is 4. The third kappa shape index (κ3) is 8.32. The van der Waals surface area contributed by atoms with Crippen LogP contribution in [-0.4, -0.2) is 33.6 Å². The van der Waals surface area contributed by atoms with Crippen molar-refractivity contribution in [3.05, 3.63) is 65.9 Å². The molecular weight excluding hydrogens is 365 g/mol. The van der Waals surface area contributed by atoms with Crippen LogP contribution in [0.25, 0.3) is 0 Å². The second-order valence-electron chi connectivity index (χ2n) is 8.37. The van der Waals surface area contributed by atoms with Gasteiger partial charge in [-0.05, 0) is 46.2 Å². The number of halogens is 1. The SMILES string of the molecule is CCN(CCC(C)C=CC1=C(F)CC=CC=C1)Cc1nccnc1OC(C)(C)C. The van der Waals surface area contributed by atoms with Gasteiger partial charge in [-0.1, -0.05) is 50.3 Å². The molecule has 1 aliphatic rings. The van der Waals surface area contributed by atoms with Crippen LogP contribution in [0.5, 0.6) is 5.88 Å². The van der Waals surface area contributed by atoms with Gasteiger partial charge in [-0.15, -0.1) is 0 Å². The van der Waals surface area contributed by atoms with Gasteiger partial charge in [0, 0.05) is 30.9 Å². The Kier molecular flexibility index (Phi) is 8.77. The normalized spacial score (nSPS) is 16.0. The highest BCUT2D eigenvalue weighted by Crippen LogP contribution is 2.21. The van der Waals surface area contributed by atoms with Gasteiger partial charge in [0.05, 0.1) is 0 Å². The highest BCUT2D eigenvalue weighted by molar-refractivity contribution is 5.37. The summed E-state index contributed by atoms with van der Waals surface area (Å²) in [5.41, 5.74) is 1.21. The maximum Gasteiger partial charge on any atom is 0.237 e. The minimum absolute atomic E-state index is 0.0809. The summed E-state index contributed by atoms with van der Waals surface area (Å²) in [6.45, 7) is 12.9. The third-order valence-corrected chi connectivity index (χ3v) is 4.60. The van der Waals surface area contributed by atoms with Gasteiger partial charge in [0.15, 0.2) is 0 Å². The summed E-state index contributed by atoms with van der Waals surface area (Å²) < 4.78 is 20.0. The lowest BCUT2D eigenvalue weighted by atomic mass is 10.0. The average molecular weight is 400 g/mol. The van der Waals surface area contributed by atoms with Crippen molar-refractivity contribution in [2.24, 2.45) is 5.92 Å². The lowest BCUT2D eigenvalue weighted by molar-refractivity contribution is 0.119. The number of ether oxygens (including phenoxy) is 1. The third-order valence-electron chi connectivity index (χ3n) is 4.60. The zero-order valence-corrected chi connectivity index (χ0v) is 18.4. The predicted octanol–water partition coefficient (Wildman–Crippen LogP) is 5.80. The largest absolute Gasteiger partial charge is 0.471 e. The fourth-order valence-electron chi connectivity index (χ4n) is 2.91. The van der Waals surface area contributed by atoms with Crippen LogP contribution in [0.3, 0.4) is 0 Å². The Labute approximate surface area is 174 Å². The Bertz CT molecular complexity index is 775. The van der Waals surface area contributed by atoms with E-state index in [-0.39, 0.29) is 11.4 Å². The van der Waals surface area contributed by atoms with Crippen molar-refractivity contribution in [2.75, 3.05) is 13.1 Å². The Balaban J connectivity index is 1.93. The predicted molar refractivity (Wildman–Crippen MR) is 117 cm³/mol. The molecule has 1 aromatic rings. The quantitative estimate of drug-likeness (QED) is 0.526. The molecule has 0 spiro atoms. The topological polar surface area (TPSA) is 38.2 Å². The second-order valence-corrected chi connectivity index (χ2v) is 8.37. The molecule has 0 bridgehead atoms. The number of allylic oxidation sites excluding steroid dienone is 8. The molecule has 1 unspecified atom stereocenters. The Morgan fingerprint density at radius 2 is 2.00 bits per heavy atom. The number of nitrogens with zero attached hydrogens (tertiary/aromatic N) is 3. The first-order valence-electron chi connectivity index (χ1n) is 10.4. The van der Waals surface area contributed by atoms with E-state index in [1.807, 2.05) is 51.2 Å². The lowest BCUT2D eigenvalue weighted by Crippen LogP contribution is -2.28. The maximum absolute atomic E-state index is 14.0. The van der Waals surface area contributed by atoms with Crippen molar-refractivity contribution in [3.8, 4) is 5.88 Å². The Morgan fingerprint density at radius 1 is 1.24 bits per heavy atom. The summed E-state index contributed by atoms with van der Waals surface area (Å²) in [6, 6.07) is 0. The van der Waals surface area contributed by atoms with Crippen molar-refractivity contribution in [1.29, 1.82) is 0 Å². The molecule has 1 heterocycles. The fraction of sp³-hybridized carbons (Fsp3) is 0.500. The van der Waals surface area contributed by atoms with Crippen LogP contribution in [0.4, 0.5) is 4.39 Å².